The molecule has 24 heavy (non-hydrogen) atoms. The number of likely N-dealkylation sites (tertiary alicyclic amines) is 1. The Balaban J connectivity index is 1.91. The fourth-order valence-electron chi connectivity index (χ4n) is 3.20. The van der Waals surface area contributed by atoms with Gasteiger partial charge in [0, 0.05) is 37.9 Å². The van der Waals surface area contributed by atoms with Crippen LogP contribution in [-0.4, -0.2) is 54.2 Å². The van der Waals surface area contributed by atoms with Crippen LogP contribution in [0, 0.1) is 0 Å². The number of sulfonamides is 1. The number of unbranched alkanes of at least 4 members (excludes halogenated alkanes) is 1. The SMILES string of the molecule is CCCCn1ccnc1C1CCN(C(=O)[C@@H](C)NS(C)(=O)=O)CC1. The Kier molecular flexibility index (Phi) is 6.40. The summed E-state index contributed by atoms with van der Waals surface area (Å²) in [6.07, 6.45) is 8.95. The maximum absolute atomic E-state index is 12.4. The van der Waals surface area contributed by atoms with Crippen LogP contribution in [0.4, 0.5) is 0 Å². The van der Waals surface area contributed by atoms with Crippen LogP contribution in [0.25, 0.3) is 0 Å². The first-order valence-corrected chi connectivity index (χ1v) is 10.5. The average Bonchev–Trinajstić information content (AvgIpc) is 2.99. The largest absolute Gasteiger partial charge is 0.341 e. The van der Waals surface area contributed by atoms with Crippen LogP contribution < -0.4 is 4.72 Å². The maximum Gasteiger partial charge on any atom is 0.240 e. The van der Waals surface area contributed by atoms with Gasteiger partial charge in [0.25, 0.3) is 0 Å². The lowest BCUT2D eigenvalue weighted by Gasteiger charge is -2.33. The quantitative estimate of drug-likeness (QED) is 0.799. The van der Waals surface area contributed by atoms with Gasteiger partial charge in [-0.1, -0.05) is 13.3 Å². The Morgan fingerprint density at radius 2 is 2.08 bits per heavy atom. The minimum absolute atomic E-state index is 0.159. The maximum atomic E-state index is 12.4. The Hall–Kier alpha value is -1.41. The van der Waals surface area contributed by atoms with E-state index in [1.165, 1.54) is 0 Å². The highest BCUT2D eigenvalue weighted by atomic mass is 32.2. The van der Waals surface area contributed by atoms with Crippen molar-refractivity contribution in [2.45, 2.75) is 58.0 Å². The summed E-state index contributed by atoms with van der Waals surface area (Å²) in [7, 11) is -3.38. The second-order valence-corrected chi connectivity index (χ2v) is 8.32. The van der Waals surface area contributed by atoms with Gasteiger partial charge in [-0.3, -0.25) is 4.79 Å². The van der Waals surface area contributed by atoms with Crippen molar-refractivity contribution in [3.05, 3.63) is 18.2 Å². The van der Waals surface area contributed by atoms with Gasteiger partial charge < -0.3 is 9.47 Å². The molecule has 1 fully saturated rings. The minimum atomic E-state index is -3.38. The Bertz CT molecular complexity index is 648. The van der Waals surface area contributed by atoms with Crippen molar-refractivity contribution >= 4 is 15.9 Å². The Morgan fingerprint density at radius 3 is 2.67 bits per heavy atom. The number of amides is 1. The molecule has 1 saturated heterocycles. The molecular formula is C16H28N4O3S. The van der Waals surface area contributed by atoms with Gasteiger partial charge in [-0.05, 0) is 26.2 Å². The second kappa shape index (κ2) is 8.11. The third kappa shape index (κ3) is 5.04. The van der Waals surface area contributed by atoms with Crippen molar-refractivity contribution in [3.63, 3.8) is 0 Å². The van der Waals surface area contributed by atoms with Crippen LogP contribution in [0.3, 0.4) is 0 Å². The molecule has 2 heterocycles. The normalized spacial score (nSPS) is 17.9. The number of aryl methyl sites for hydroxylation is 1. The first-order chi connectivity index (χ1) is 11.3. The summed E-state index contributed by atoms with van der Waals surface area (Å²) >= 11 is 0. The highest BCUT2D eigenvalue weighted by Gasteiger charge is 2.29. The lowest BCUT2D eigenvalue weighted by Crippen LogP contribution is -2.49. The van der Waals surface area contributed by atoms with Crippen molar-refractivity contribution in [2.24, 2.45) is 0 Å². The standard InChI is InChI=1S/C16H28N4O3S/c1-4-5-9-19-12-8-17-15(19)14-6-10-20(11-7-14)16(21)13(2)18-24(3,22)23/h8,12-14,18H,4-7,9-11H2,1-3H3/t13-/m1/s1. The van der Waals surface area contributed by atoms with Crippen LogP contribution in [0.15, 0.2) is 12.4 Å². The third-order valence-electron chi connectivity index (χ3n) is 4.43. The van der Waals surface area contributed by atoms with E-state index in [0.717, 1.165) is 44.3 Å². The van der Waals surface area contributed by atoms with Gasteiger partial charge >= 0.3 is 0 Å². The molecule has 0 unspecified atom stereocenters. The topological polar surface area (TPSA) is 84.3 Å². The molecule has 136 valence electrons. The van der Waals surface area contributed by atoms with Crippen molar-refractivity contribution in [1.29, 1.82) is 0 Å². The van der Waals surface area contributed by atoms with E-state index >= 15 is 0 Å². The molecule has 0 radical (unpaired) electrons. The lowest BCUT2D eigenvalue weighted by atomic mass is 9.95. The number of nitrogens with zero attached hydrogens (tertiary/aromatic N) is 3. The second-order valence-electron chi connectivity index (χ2n) is 6.54. The predicted octanol–water partition coefficient (Wildman–Crippen LogP) is 1.33. The van der Waals surface area contributed by atoms with Gasteiger partial charge in [0.15, 0.2) is 0 Å². The molecule has 1 aromatic heterocycles. The molecule has 0 aliphatic carbocycles. The molecule has 1 N–H and O–H groups in total. The van der Waals surface area contributed by atoms with E-state index in [4.69, 9.17) is 0 Å². The fourth-order valence-corrected chi connectivity index (χ4v) is 3.94. The van der Waals surface area contributed by atoms with E-state index < -0.39 is 16.1 Å². The number of hydrogen-bond donors (Lipinski definition) is 1. The fraction of sp³-hybridized carbons (Fsp3) is 0.750. The lowest BCUT2D eigenvalue weighted by molar-refractivity contribution is -0.133. The number of imidazole rings is 1. The zero-order chi connectivity index (χ0) is 17.7. The zero-order valence-electron chi connectivity index (χ0n) is 14.7. The summed E-state index contributed by atoms with van der Waals surface area (Å²) in [4.78, 5) is 18.6. The number of piperidine rings is 1. The number of hydrogen-bond acceptors (Lipinski definition) is 4. The molecule has 8 heteroatoms. The van der Waals surface area contributed by atoms with Crippen molar-refractivity contribution in [2.75, 3.05) is 19.3 Å². The zero-order valence-corrected chi connectivity index (χ0v) is 15.6. The van der Waals surface area contributed by atoms with E-state index in [0.29, 0.717) is 19.0 Å². The van der Waals surface area contributed by atoms with Gasteiger partial charge in [-0.15, -0.1) is 0 Å². The summed E-state index contributed by atoms with van der Waals surface area (Å²) in [5, 5.41) is 0. The number of nitrogens with one attached hydrogen (secondary N) is 1. The highest BCUT2D eigenvalue weighted by Crippen LogP contribution is 2.27. The molecule has 7 nitrogen and oxygen atoms in total. The molecule has 1 aliphatic heterocycles. The summed E-state index contributed by atoms with van der Waals surface area (Å²) in [5.74, 6) is 1.31. The molecule has 1 aromatic rings. The molecule has 1 aliphatic rings. The summed E-state index contributed by atoms with van der Waals surface area (Å²) in [6, 6.07) is -0.719. The van der Waals surface area contributed by atoms with E-state index in [9.17, 15) is 13.2 Å². The first-order valence-electron chi connectivity index (χ1n) is 8.59. The molecule has 2 rings (SSSR count). The molecule has 1 atom stereocenters. The molecule has 1 amide bonds. The van der Waals surface area contributed by atoms with Crippen molar-refractivity contribution in [1.82, 2.24) is 19.2 Å². The average molecular weight is 356 g/mol. The van der Waals surface area contributed by atoms with Gasteiger partial charge in [0.05, 0.1) is 12.3 Å². The van der Waals surface area contributed by atoms with Gasteiger partial charge in [-0.2, -0.15) is 0 Å². The summed E-state index contributed by atoms with van der Waals surface area (Å²) in [6.45, 7) is 6.03. The molecule has 0 bridgehead atoms. The van der Waals surface area contributed by atoms with Crippen LogP contribution >= 0.6 is 0 Å². The highest BCUT2D eigenvalue weighted by molar-refractivity contribution is 7.88. The first kappa shape index (κ1) is 18.9. The summed E-state index contributed by atoms with van der Waals surface area (Å²) < 4.78 is 27.1. The van der Waals surface area contributed by atoms with E-state index in [1.54, 1.807) is 11.8 Å². The number of carbonyl (C=O) groups excluding carboxylic acids is 1. The molecular weight excluding hydrogens is 328 g/mol. The third-order valence-corrected chi connectivity index (χ3v) is 5.22. The van der Waals surface area contributed by atoms with Gasteiger partial charge in [-0.25, -0.2) is 18.1 Å². The number of carbonyl (C=O) groups is 1. The van der Waals surface area contributed by atoms with Gasteiger partial charge in [0.2, 0.25) is 15.9 Å². The monoisotopic (exact) mass is 356 g/mol. The van der Waals surface area contributed by atoms with Crippen LogP contribution in [0.1, 0.15) is 51.3 Å². The minimum Gasteiger partial charge on any atom is -0.341 e. The van der Waals surface area contributed by atoms with Crippen molar-refractivity contribution in [3.8, 4) is 0 Å². The van der Waals surface area contributed by atoms with Crippen molar-refractivity contribution < 1.29 is 13.2 Å². The summed E-state index contributed by atoms with van der Waals surface area (Å²) in [5.41, 5.74) is 0. The molecule has 0 aromatic carbocycles. The number of aromatic nitrogens is 2. The number of rotatable bonds is 7. The van der Waals surface area contributed by atoms with Gasteiger partial charge in [0.1, 0.15) is 5.82 Å². The Labute approximate surface area is 144 Å². The van der Waals surface area contributed by atoms with E-state index in [2.05, 4.69) is 21.2 Å². The van der Waals surface area contributed by atoms with Crippen LogP contribution in [-0.2, 0) is 21.4 Å². The smallest absolute Gasteiger partial charge is 0.240 e. The van der Waals surface area contributed by atoms with Crippen LogP contribution in [0.5, 0.6) is 0 Å². The molecule has 0 spiro atoms. The molecule has 0 saturated carbocycles. The predicted molar refractivity (Wildman–Crippen MR) is 93.1 cm³/mol. The van der Waals surface area contributed by atoms with E-state index in [1.807, 2.05) is 12.4 Å². The van der Waals surface area contributed by atoms with Crippen LogP contribution in [0.2, 0.25) is 0 Å². The van der Waals surface area contributed by atoms with E-state index in [-0.39, 0.29) is 5.91 Å². The Morgan fingerprint density at radius 1 is 1.42 bits per heavy atom.